The topological polar surface area (TPSA) is 55.4 Å². The molecule has 0 saturated carbocycles. The molecule has 0 aliphatic carbocycles. The summed E-state index contributed by atoms with van der Waals surface area (Å²) in [6.07, 6.45) is 0.930. The standard InChI is InChI=1S/C11H14BrNO3S/c1-2-16-10(14)4-3-7-13-11(15)8-5-6-9(12)17-8/h5-6H,2-4,7H2,1H3,(H,13,15). The molecule has 0 saturated heterocycles. The van der Waals surface area contributed by atoms with Crippen molar-refractivity contribution in [3.05, 3.63) is 20.8 Å². The van der Waals surface area contributed by atoms with Crippen molar-refractivity contribution in [3.8, 4) is 0 Å². The van der Waals surface area contributed by atoms with Gasteiger partial charge in [-0.25, -0.2) is 0 Å². The molecule has 1 aromatic rings. The van der Waals surface area contributed by atoms with E-state index in [1.807, 2.05) is 6.07 Å². The van der Waals surface area contributed by atoms with E-state index in [9.17, 15) is 9.59 Å². The summed E-state index contributed by atoms with van der Waals surface area (Å²) in [6, 6.07) is 3.59. The van der Waals surface area contributed by atoms with Crippen LogP contribution in [0.1, 0.15) is 29.4 Å². The van der Waals surface area contributed by atoms with E-state index in [1.54, 1.807) is 13.0 Å². The number of thiophene rings is 1. The Labute approximate surface area is 112 Å². The molecular weight excluding hydrogens is 306 g/mol. The van der Waals surface area contributed by atoms with E-state index in [0.717, 1.165) is 3.79 Å². The van der Waals surface area contributed by atoms with Crippen LogP contribution in [0.25, 0.3) is 0 Å². The number of esters is 1. The third-order valence-corrected chi connectivity index (χ3v) is 3.57. The van der Waals surface area contributed by atoms with Crippen LogP contribution in [0.3, 0.4) is 0 Å². The van der Waals surface area contributed by atoms with Crippen molar-refractivity contribution in [2.45, 2.75) is 19.8 Å². The average Bonchev–Trinajstić information content (AvgIpc) is 2.71. The highest BCUT2D eigenvalue weighted by Gasteiger charge is 2.08. The van der Waals surface area contributed by atoms with Crippen LogP contribution in [0, 0.1) is 0 Å². The summed E-state index contributed by atoms with van der Waals surface area (Å²) in [6.45, 7) is 2.65. The smallest absolute Gasteiger partial charge is 0.305 e. The minimum Gasteiger partial charge on any atom is -0.466 e. The van der Waals surface area contributed by atoms with Crippen molar-refractivity contribution < 1.29 is 14.3 Å². The van der Waals surface area contributed by atoms with Crippen molar-refractivity contribution in [1.29, 1.82) is 0 Å². The molecule has 1 aromatic heterocycles. The van der Waals surface area contributed by atoms with Crippen LogP contribution in [0.4, 0.5) is 0 Å². The highest BCUT2D eigenvalue weighted by atomic mass is 79.9. The van der Waals surface area contributed by atoms with Gasteiger partial charge >= 0.3 is 5.97 Å². The number of carbonyl (C=O) groups excluding carboxylic acids is 2. The molecule has 94 valence electrons. The van der Waals surface area contributed by atoms with Gasteiger partial charge in [0.1, 0.15) is 0 Å². The first-order valence-electron chi connectivity index (χ1n) is 5.32. The Kier molecular flexibility index (Phi) is 6.21. The fourth-order valence-corrected chi connectivity index (χ4v) is 2.49. The first kappa shape index (κ1) is 14.2. The molecule has 0 fully saturated rings. The Morgan fingerprint density at radius 3 is 2.82 bits per heavy atom. The maximum absolute atomic E-state index is 11.6. The fraction of sp³-hybridized carbons (Fsp3) is 0.455. The highest BCUT2D eigenvalue weighted by molar-refractivity contribution is 9.11. The minimum atomic E-state index is -0.222. The summed E-state index contributed by atoms with van der Waals surface area (Å²) < 4.78 is 5.71. The first-order chi connectivity index (χ1) is 8.13. The second kappa shape index (κ2) is 7.45. The quantitative estimate of drug-likeness (QED) is 0.647. The normalized spacial score (nSPS) is 10.0. The second-order valence-corrected chi connectivity index (χ2v) is 5.73. The second-order valence-electron chi connectivity index (χ2n) is 3.27. The highest BCUT2D eigenvalue weighted by Crippen LogP contribution is 2.21. The first-order valence-corrected chi connectivity index (χ1v) is 6.93. The molecule has 0 bridgehead atoms. The van der Waals surface area contributed by atoms with E-state index < -0.39 is 0 Å². The third-order valence-electron chi connectivity index (χ3n) is 1.95. The van der Waals surface area contributed by atoms with Crippen LogP contribution in [-0.4, -0.2) is 25.0 Å². The van der Waals surface area contributed by atoms with Crippen LogP contribution in [0.2, 0.25) is 0 Å². The van der Waals surface area contributed by atoms with Crippen LogP contribution >= 0.6 is 27.3 Å². The molecule has 0 aromatic carbocycles. The van der Waals surface area contributed by atoms with E-state index in [-0.39, 0.29) is 11.9 Å². The molecule has 1 amide bonds. The summed E-state index contributed by atoms with van der Waals surface area (Å²) in [5.74, 6) is -0.329. The molecule has 0 spiro atoms. The summed E-state index contributed by atoms with van der Waals surface area (Å²) in [4.78, 5) is 23.3. The molecule has 0 unspecified atom stereocenters. The Morgan fingerprint density at radius 2 is 2.24 bits per heavy atom. The van der Waals surface area contributed by atoms with Gasteiger partial charge in [0.05, 0.1) is 15.3 Å². The van der Waals surface area contributed by atoms with Gasteiger partial charge < -0.3 is 10.1 Å². The Morgan fingerprint density at radius 1 is 1.47 bits per heavy atom. The summed E-state index contributed by atoms with van der Waals surface area (Å²) in [5.41, 5.74) is 0. The van der Waals surface area contributed by atoms with E-state index in [0.29, 0.717) is 30.9 Å². The molecule has 4 nitrogen and oxygen atoms in total. The molecule has 6 heteroatoms. The number of nitrogens with one attached hydrogen (secondary N) is 1. The molecule has 1 N–H and O–H groups in total. The van der Waals surface area contributed by atoms with Gasteiger partial charge in [-0.15, -0.1) is 11.3 Å². The van der Waals surface area contributed by atoms with Crippen molar-refractivity contribution in [1.82, 2.24) is 5.32 Å². The summed E-state index contributed by atoms with van der Waals surface area (Å²) >= 11 is 4.68. The van der Waals surface area contributed by atoms with E-state index in [4.69, 9.17) is 4.74 Å². The van der Waals surface area contributed by atoms with E-state index in [2.05, 4.69) is 21.2 Å². The molecule has 17 heavy (non-hydrogen) atoms. The molecule has 0 atom stereocenters. The number of hydrogen-bond donors (Lipinski definition) is 1. The summed E-state index contributed by atoms with van der Waals surface area (Å²) in [7, 11) is 0. The van der Waals surface area contributed by atoms with E-state index >= 15 is 0 Å². The minimum absolute atomic E-state index is 0.107. The number of hydrogen-bond acceptors (Lipinski definition) is 4. The lowest BCUT2D eigenvalue weighted by Crippen LogP contribution is -2.24. The lowest BCUT2D eigenvalue weighted by molar-refractivity contribution is -0.143. The van der Waals surface area contributed by atoms with Crippen molar-refractivity contribution in [2.75, 3.05) is 13.2 Å². The lowest BCUT2D eigenvalue weighted by Gasteiger charge is -2.03. The van der Waals surface area contributed by atoms with Gasteiger partial charge in [-0.1, -0.05) is 0 Å². The lowest BCUT2D eigenvalue weighted by atomic mass is 10.3. The molecule has 1 heterocycles. The SMILES string of the molecule is CCOC(=O)CCCNC(=O)c1ccc(Br)s1. The van der Waals surface area contributed by atoms with Crippen LogP contribution in [0.15, 0.2) is 15.9 Å². The van der Waals surface area contributed by atoms with Gasteiger partial charge in [0, 0.05) is 13.0 Å². The predicted molar refractivity (Wildman–Crippen MR) is 70.2 cm³/mol. The van der Waals surface area contributed by atoms with Gasteiger partial charge in [-0.3, -0.25) is 9.59 Å². The van der Waals surface area contributed by atoms with Crippen molar-refractivity contribution in [3.63, 3.8) is 0 Å². The molecule has 0 radical (unpaired) electrons. The zero-order chi connectivity index (χ0) is 12.7. The molecule has 1 rings (SSSR count). The Hall–Kier alpha value is -0.880. The van der Waals surface area contributed by atoms with Gasteiger partial charge in [0.2, 0.25) is 0 Å². The van der Waals surface area contributed by atoms with Crippen LogP contribution < -0.4 is 5.32 Å². The maximum Gasteiger partial charge on any atom is 0.305 e. The molecule has 0 aliphatic rings. The number of carbonyl (C=O) groups is 2. The van der Waals surface area contributed by atoms with Crippen LogP contribution in [-0.2, 0) is 9.53 Å². The zero-order valence-electron chi connectivity index (χ0n) is 9.49. The van der Waals surface area contributed by atoms with Gasteiger partial charge in [-0.2, -0.15) is 0 Å². The summed E-state index contributed by atoms with van der Waals surface area (Å²) in [5, 5.41) is 2.75. The molecule has 0 aliphatic heterocycles. The zero-order valence-corrected chi connectivity index (χ0v) is 11.9. The van der Waals surface area contributed by atoms with Crippen LogP contribution in [0.5, 0.6) is 0 Å². The predicted octanol–water partition coefficient (Wildman–Crippen LogP) is 2.58. The van der Waals surface area contributed by atoms with E-state index in [1.165, 1.54) is 11.3 Å². The number of amides is 1. The monoisotopic (exact) mass is 319 g/mol. The van der Waals surface area contributed by atoms with Gasteiger partial charge in [0.15, 0.2) is 0 Å². The maximum atomic E-state index is 11.6. The number of rotatable bonds is 6. The Bertz CT molecular complexity index is 392. The third kappa shape index (κ3) is 5.32. The average molecular weight is 320 g/mol. The molecular formula is C11H14BrNO3S. The Balaban J connectivity index is 2.19. The largest absolute Gasteiger partial charge is 0.466 e. The van der Waals surface area contributed by atoms with Gasteiger partial charge in [0.25, 0.3) is 5.91 Å². The van der Waals surface area contributed by atoms with Crippen molar-refractivity contribution in [2.24, 2.45) is 0 Å². The number of halogens is 1. The number of ether oxygens (including phenoxy) is 1. The van der Waals surface area contributed by atoms with Gasteiger partial charge in [-0.05, 0) is 41.4 Å². The van der Waals surface area contributed by atoms with Crippen molar-refractivity contribution >= 4 is 39.1 Å². The fourth-order valence-electron chi connectivity index (χ4n) is 1.19.